The Morgan fingerprint density at radius 2 is 2.14 bits per heavy atom. The van der Waals surface area contributed by atoms with Gasteiger partial charge in [-0.3, -0.25) is 14.9 Å². The van der Waals surface area contributed by atoms with Crippen LogP contribution in [0.4, 0.5) is 4.79 Å². The van der Waals surface area contributed by atoms with E-state index in [0.717, 1.165) is 10.0 Å². The number of imide groups is 1. The molecule has 2 saturated heterocycles. The Bertz CT molecular complexity index is 661. The average Bonchev–Trinajstić information content (AvgIpc) is 2.97. The summed E-state index contributed by atoms with van der Waals surface area (Å²) in [5.74, 6) is -0.498. The van der Waals surface area contributed by atoms with Crippen molar-refractivity contribution in [2.45, 2.75) is 18.9 Å². The van der Waals surface area contributed by atoms with E-state index >= 15 is 0 Å². The highest BCUT2D eigenvalue weighted by atomic mass is 79.9. The Morgan fingerprint density at radius 1 is 1.38 bits per heavy atom. The van der Waals surface area contributed by atoms with E-state index in [1.807, 2.05) is 25.1 Å². The van der Waals surface area contributed by atoms with Gasteiger partial charge < -0.3 is 10.2 Å². The van der Waals surface area contributed by atoms with Gasteiger partial charge in [-0.25, -0.2) is 4.79 Å². The van der Waals surface area contributed by atoms with Crippen LogP contribution in [0.3, 0.4) is 0 Å². The molecule has 0 aliphatic carbocycles. The Kier molecular flexibility index (Phi) is 3.24. The lowest BCUT2D eigenvalue weighted by Crippen LogP contribution is -2.49. The Hall–Kier alpha value is -1.89. The van der Waals surface area contributed by atoms with Crippen molar-refractivity contribution in [2.75, 3.05) is 13.1 Å². The Labute approximate surface area is 130 Å². The van der Waals surface area contributed by atoms with Crippen molar-refractivity contribution in [2.24, 2.45) is 0 Å². The number of aryl methyl sites for hydroxylation is 1. The molecule has 1 atom stereocenters. The van der Waals surface area contributed by atoms with E-state index < -0.39 is 11.6 Å². The van der Waals surface area contributed by atoms with E-state index in [1.54, 1.807) is 4.90 Å². The van der Waals surface area contributed by atoms with Gasteiger partial charge in [0.1, 0.15) is 5.54 Å². The highest BCUT2D eigenvalue weighted by molar-refractivity contribution is 9.10. The number of amides is 4. The molecule has 2 aliphatic rings. The van der Waals surface area contributed by atoms with Crippen molar-refractivity contribution in [3.8, 4) is 0 Å². The number of hydrogen-bond acceptors (Lipinski definition) is 3. The lowest BCUT2D eigenvalue weighted by Gasteiger charge is -2.21. The summed E-state index contributed by atoms with van der Waals surface area (Å²) in [4.78, 5) is 37.4. The van der Waals surface area contributed by atoms with E-state index in [1.165, 1.54) is 0 Å². The molecule has 7 heteroatoms. The van der Waals surface area contributed by atoms with Gasteiger partial charge in [0.2, 0.25) is 0 Å². The number of carbonyl (C=O) groups is 3. The van der Waals surface area contributed by atoms with Crippen LogP contribution in [0.5, 0.6) is 0 Å². The van der Waals surface area contributed by atoms with Crippen molar-refractivity contribution in [1.29, 1.82) is 0 Å². The first kappa shape index (κ1) is 14.1. The molecule has 1 aromatic carbocycles. The molecule has 0 radical (unpaired) electrons. The molecule has 2 fully saturated rings. The molecule has 1 aromatic rings. The van der Waals surface area contributed by atoms with Crippen LogP contribution in [0.15, 0.2) is 22.7 Å². The fraction of sp³-hybridized carbons (Fsp3) is 0.357. The average molecular weight is 352 g/mol. The second-order valence-corrected chi connectivity index (χ2v) is 6.30. The molecular formula is C14H14BrN3O3. The number of rotatable bonds is 1. The number of likely N-dealkylation sites (tertiary alicyclic amines) is 1. The van der Waals surface area contributed by atoms with Crippen LogP contribution in [0.1, 0.15) is 22.3 Å². The van der Waals surface area contributed by atoms with E-state index in [9.17, 15) is 14.4 Å². The maximum Gasteiger partial charge on any atom is 0.322 e. The van der Waals surface area contributed by atoms with Crippen molar-refractivity contribution in [1.82, 2.24) is 15.5 Å². The molecule has 110 valence electrons. The van der Waals surface area contributed by atoms with Crippen LogP contribution in [0.2, 0.25) is 0 Å². The smallest absolute Gasteiger partial charge is 0.322 e. The van der Waals surface area contributed by atoms with Gasteiger partial charge >= 0.3 is 6.03 Å². The van der Waals surface area contributed by atoms with Gasteiger partial charge in [0.15, 0.2) is 0 Å². The van der Waals surface area contributed by atoms with E-state index in [-0.39, 0.29) is 18.4 Å². The van der Waals surface area contributed by atoms with Gasteiger partial charge in [-0.05, 0) is 41.4 Å². The minimum atomic E-state index is -0.969. The molecule has 2 N–H and O–H groups in total. The first-order valence-electron chi connectivity index (χ1n) is 6.60. The summed E-state index contributed by atoms with van der Waals surface area (Å²) in [7, 11) is 0. The first-order chi connectivity index (χ1) is 9.91. The van der Waals surface area contributed by atoms with E-state index in [2.05, 4.69) is 26.6 Å². The summed E-state index contributed by atoms with van der Waals surface area (Å²) in [6, 6.07) is 5.06. The van der Waals surface area contributed by atoms with Crippen molar-refractivity contribution < 1.29 is 14.4 Å². The highest BCUT2D eigenvalue weighted by Gasteiger charge is 2.51. The monoisotopic (exact) mass is 351 g/mol. The number of nitrogens with zero attached hydrogens (tertiary/aromatic N) is 1. The Balaban J connectivity index is 1.83. The fourth-order valence-electron chi connectivity index (χ4n) is 2.77. The zero-order valence-corrected chi connectivity index (χ0v) is 13.0. The maximum atomic E-state index is 12.6. The standard InChI is InChI=1S/C14H14BrN3O3/c1-8-2-3-10(15)9(6-8)11(19)18-5-4-14(7-18)12(20)16-13(21)17-14/h2-3,6H,4-5,7H2,1H3,(H2,16,17,20,21). The van der Waals surface area contributed by atoms with Gasteiger partial charge in [-0.1, -0.05) is 11.6 Å². The molecule has 2 aliphatic heterocycles. The third-order valence-electron chi connectivity index (χ3n) is 3.92. The van der Waals surface area contributed by atoms with Crippen LogP contribution in [-0.2, 0) is 4.79 Å². The molecule has 6 nitrogen and oxygen atoms in total. The van der Waals surface area contributed by atoms with Crippen LogP contribution in [0, 0.1) is 6.92 Å². The summed E-state index contributed by atoms with van der Waals surface area (Å²) in [5, 5.41) is 4.87. The second kappa shape index (κ2) is 4.84. The summed E-state index contributed by atoms with van der Waals surface area (Å²) in [6.45, 7) is 2.55. The predicted octanol–water partition coefficient (Wildman–Crippen LogP) is 1.18. The SMILES string of the molecule is Cc1ccc(Br)c(C(=O)N2CCC3(C2)NC(=O)NC3=O)c1. The fourth-order valence-corrected chi connectivity index (χ4v) is 3.19. The number of hydrogen-bond donors (Lipinski definition) is 2. The molecule has 0 saturated carbocycles. The predicted molar refractivity (Wildman–Crippen MR) is 78.8 cm³/mol. The number of urea groups is 1. The van der Waals surface area contributed by atoms with E-state index in [0.29, 0.717) is 18.5 Å². The molecule has 3 rings (SSSR count). The first-order valence-corrected chi connectivity index (χ1v) is 7.40. The Morgan fingerprint density at radius 3 is 2.81 bits per heavy atom. The van der Waals surface area contributed by atoms with Crippen LogP contribution >= 0.6 is 15.9 Å². The van der Waals surface area contributed by atoms with Gasteiger partial charge in [-0.15, -0.1) is 0 Å². The van der Waals surface area contributed by atoms with Crippen LogP contribution < -0.4 is 10.6 Å². The topological polar surface area (TPSA) is 78.5 Å². The van der Waals surface area contributed by atoms with E-state index in [4.69, 9.17) is 0 Å². The van der Waals surface area contributed by atoms with Crippen molar-refractivity contribution in [3.63, 3.8) is 0 Å². The highest BCUT2D eigenvalue weighted by Crippen LogP contribution is 2.28. The maximum absolute atomic E-state index is 12.6. The zero-order chi connectivity index (χ0) is 15.2. The summed E-state index contributed by atoms with van der Waals surface area (Å²) >= 11 is 3.38. The van der Waals surface area contributed by atoms with Gasteiger partial charge in [0.25, 0.3) is 11.8 Å². The van der Waals surface area contributed by atoms with Gasteiger partial charge in [0, 0.05) is 11.0 Å². The minimum absolute atomic E-state index is 0.142. The number of benzene rings is 1. The normalized spacial score (nSPS) is 24.4. The molecule has 4 amide bonds. The number of carbonyl (C=O) groups excluding carboxylic acids is 3. The molecule has 21 heavy (non-hydrogen) atoms. The molecular weight excluding hydrogens is 338 g/mol. The molecule has 1 spiro atoms. The van der Waals surface area contributed by atoms with Crippen LogP contribution in [0.25, 0.3) is 0 Å². The van der Waals surface area contributed by atoms with Gasteiger partial charge in [-0.2, -0.15) is 0 Å². The number of halogens is 1. The lowest BCUT2D eigenvalue weighted by molar-refractivity contribution is -0.123. The summed E-state index contributed by atoms with van der Waals surface area (Å²) in [6.07, 6.45) is 0.430. The van der Waals surface area contributed by atoms with Crippen LogP contribution in [-0.4, -0.2) is 41.4 Å². The van der Waals surface area contributed by atoms with Crippen molar-refractivity contribution >= 4 is 33.8 Å². The quantitative estimate of drug-likeness (QED) is 0.745. The molecule has 1 unspecified atom stereocenters. The summed E-state index contributed by atoms with van der Waals surface area (Å²) < 4.78 is 0.721. The summed E-state index contributed by atoms with van der Waals surface area (Å²) in [5.41, 5.74) is 0.586. The third-order valence-corrected chi connectivity index (χ3v) is 4.61. The molecule has 0 aromatic heterocycles. The molecule has 2 heterocycles. The zero-order valence-electron chi connectivity index (χ0n) is 11.4. The minimum Gasteiger partial charge on any atom is -0.336 e. The lowest BCUT2D eigenvalue weighted by atomic mass is 9.99. The van der Waals surface area contributed by atoms with Gasteiger partial charge in [0.05, 0.1) is 12.1 Å². The number of nitrogens with one attached hydrogen (secondary N) is 2. The second-order valence-electron chi connectivity index (χ2n) is 5.45. The molecule has 0 bridgehead atoms. The largest absolute Gasteiger partial charge is 0.336 e. The third kappa shape index (κ3) is 2.31. The van der Waals surface area contributed by atoms with Crippen molar-refractivity contribution in [3.05, 3.63) is 33.8 Å².